The molecule has 2 aliphatic heterocycles. The number of rotatable bonds is 6. The molecule has 2 amide bonds. The summed E-state index contributed by atoms with van der Waals surface area (Å²) >= 11 is 0. The quantitative estimate of drug-likeness (QED) is 0.637. The molecule has 32 heavy (non-hydrogen) atoms. The first-order valence-electron chi connectivity index (χ1n) is 10.7. The Kier molecular flexibility index (Phi) is 5.81. The maximum Gasteiger partial charge on any atom is 0.250 e. The summed E-state index contributed by atoms with van der Waals surface area (Å²) in [6.45, 7) is 4.18. The lowest BCUT2D eigenvalue weighted by molar-refractivity contribution is -0.130. The van der Waals surface area contributed by atoms with Gasteiger partial charge < -0.3 is 20.1 Å². The number of fused-ring (bicyclic) bond motifs is 2. The fourth-order valence-electron chi connectivity index (χ4n) is 4.89. The Morgan fingerprint density at radius 2 is 2.00 bits per heavy atom. The number of hydrogen-bond acceptors (Lipinski definition) is 5. The summed E-state index contributed by atoms with van der Waals surface area (Å²) in [5.74, 6) is -0.497. The van der Waals surface area contributed by atoms with Crippen molar-refractivity contribution < 1.29 is 23.5 Å². The van der Waals surface area contributed by atoms with E-state index in [0.717, 1.165) is 6.42 Å². The Morgan fingerprint density at radius 3 is 2.69 bits per heavy atom. The summed E-state index contributed by atoms with van der Waals surface area (Å²) in [4.78, 5) is 26.9. The van der Waals surface area contributed by atoms with Gasteiger partial charge >= 0.3 is 0 Å². The second-order valence-corrected chi connectivity index (χ2v) is 8.77. The van der Waals surface area contributed by atoms with Crippen LogP contribution in [0.4, 0.5) is 15.8 Å². The molecule has 0 aromatic heterocycles. The molecule has 2 aromatic rings. The van der Waals surface area contributed by atoms with Crippen LogP contribution >= 0.6 is 0 Å². The molecule has 2 aliphatic rings. The molecule has 0 bridgehead atoms. The molecule has 2 heterocycles. The van der Waals surface area contributed by atoms with Gasteiger partial charge in [-0.25, -0.2) is 4.39 Å². The van der Waals surface area contributed by atoms with E-state index < -0.39 is 17.3 Å². The van der Waals surface area contributed by atoms with Crippen molar-refractivity contribution in [3.8, 4) is 11.5 Å². The number of methoxy groups -OCH3 is 2. The second-order valence-electron chi connectivity index (χ2n) is 8.77. The number of carbonyl (C=O) groups excluding carboxylic acids is 2. The summed E-state index contributed by atoms with van der Waals surface area (Å²) in [7, 11) is 3.05. The fraction of sp³-hybridized carbons (Fsp3) is 0.417. The smallest absolute Gasteiger partial charge is 0.250 e. The molecule has 3 atom stereocenters. The van der Waals surface area contributed by atoms with Crippen LogP contribution in [0.1, 0.15) is 32.3 Å². The summed E-state index contributed by atoms with van der Waals surface area (Å²) in [5.41, 5.74) is 0.0854. The van der Waals surface area contributed by atoms with Crippen molar-refractivity contribution in [2.24, 2.45) is 11.8 Å². The molecule has 1 saturated heterocycles. The van der Waals surface area contributed by atoms with E-state index in [1.54, 1.807) is 18.2 Å². The van der Waals surface area contributed by atoms with Gasteiger partial charge in [-0.3, -0.25) is 14.9 Å². The standard InChI is InChI=1S/C24H28FN3O4/c1-13(2)9-15-11-18(22(29)26-20-12-16(31-3)6-8-21(20)32-4)24(28-15)17-10-14(25)5-7-19(17)27-23(24)30/h5-8,10,12-13,15,18,28H,9,11H2,1-4H3,(H,26,29)(H,27,30)/t15-,18+,24-/m1/s1. The Labute approximate surface area is 186 Å². The van der Waals surface area contributed by atoms with E-state index in [-0.39, 0.29) is 17.9 Å². The van der Waals surface area contributed by atoms with Gasteiger partial charge in [0.2, 0.25) is 11.8 Å². The van der Waals surface area contributed by atoms with Crippen LogP contribution in [-0.2, 0) is 15.1 Å². The van der Waals surface area contributed by atoms with Gasteiger partial charge in [0.15, 0.2) is 0 Å². The number of benzene rings is 2. The number of nitrogens with one attached hydrogen (secondary N) is 3. The van der Waals surface area contributed by atoms with E-state index in [0.29, 0.717) is 40.8 Å². The summed E-state index contributed by atoms with van der Waals surface area (Å²) in [6, 6.07) is 9.20. The summed E-state index contributed by atoms with van der Waals surface area (Å²) in [5, 5.41) is 9.14. The van der Waals surface area contributed by atoms with Gasteiger partial charge in [-0.1, -0.05) is 13.8 Å². The first-order chi connectivity index (χ1) is 15.3. The Morgan fingerprint density at radius 1 is 1.22 bits per heavy atom. The van der Waals surface area contributed by atoms with Gasteiger partial charge in [-0.05, 0) is 49.1 Å². The topological polar surface area (TPSA) is 88.7 Å². The highest BCUT2D eigenvalue weighted by Gasteiger charge is 2.60. The predicted molar refractivity (Wildman–Crippen MR) is 119 cm³/mol. The molecule has 3 N–H and O–H groups in total. The largest absolute Gasteiger partial charge is 0.497 e. The van der Waals surface area contributed by atoms with Crippen LogP contribution in [0, 0.1) is 17.7 Å². The minimum atomic E-state index is -1.34. The molecular formula is C24H28FN3O4. The molecule has 0 radical (unpaired) electrons. The molecule has 0 unspecified atom stereocenters. The lowest BCUT2D eigenvalue weighted by Gasteiger charge is -2.29. The minimum Gasteiger partial charge on any atom is -0.497 e. The molecule has 2 aromatic carbocycles. The van der Waals surface area contributed by atoms with Crippen molar-refractivity contribution in [3.63, 3.8) is 0 Å². The van der Waals surface area contributed by atoms with Gasteiger partial charge in [0, 0.05) is 23.4 Å². The first-order valence-corrected chi connectivity index (χ1v) is 10.7. The van der Waals surface area contributed by atoms with E-state index in [1.807, 2.05) is 0 Å². The lowest BCUT2D eigenvalue weighted by atomic mass is 9.79. The van der Waals surface area contributed by atoms with Gasteiger partial charge in [-0.15, -0.1) is 0 Å². The maximum atomic E-state index is 14.2. The first kappa shape index (κ1) is 22.1. The van der Waals surface area contributed by atoms with Crippen LogP contribution in [0.15, 0.2) is 36.4 Å². The zero-order valence-electron chi connectivity index (χ0n) is 18.6. The van der Waals surface area contributed by atoms with Crippen LogP contribution in [-0.4, -0.2) is 32.1 Å². The molecule has 4 rings (SSSR count). The second kappa shape index (κ2) is 8.43. The third kappa shape index (κ3) is 3.68. The fourth-order valence-corrected chi connectivity index (χ4v) is 4.89. The number of hydrogen-bond donors (Lipinski definition) is 3. The number of ether oxygens (including phenoxy) is 2. The molecule has 7 nitrogen and oxygen atoms in total. The number of halogens is 1. The van der Waals surface area contributed by atoms with Crippen LogP contribution < -0.4 is 25.4 Å². The summed E-state index contributed by atoms with van der Waals surface area (Å²) < 4.78 is 24.8. The molecule has 1 spiro atoms. The van der Waals surface area contributed by atoms with Gasteiger partial charge in [0.1, 0.15) is 22.9 Å². The number of amides is 2. The average Bonchev–Trinajstić information content (AvgIpc) is 3.26. The van der Waals surface area contributed by atoms with E-state index in [1.165, 1.54) is 32.4 Å². The third-order valence-electron chi connectivity index (χ3n) is 6.22. The highest BCUT2D eigenvalue weighted by molar-refractivity contribution is 6.10. The Balaban J connectivity index is 1.74. The van der Waals surface area contributed by atoms with E-state index in [4.69, 9.17) is 9.47 Å². The normalized spacial score (nSPS) is 23.9. The van der Waals surface area contributed by atoms with E-state index in [2.05, 4.69) is 29.8 Å². The van der Waals surface area contributed by atoms with Crippen molar-refractivity contribution in [3.05, 3.63) is 47.8 Å². The highest BCUT2D eigenvalue weighted by atomic mass is 19.1. The van der Waals surface area contributed by atoms with Crippen molar-refractivity contribution in [2.75, 3.05) is 24.9 Å². The number of anilines is 2. The van der Waals surface area contributed by atoms with E-state index in [9.17, 15) is 14.0 Å². The molecule has 8 heteroatoms. The maximum absolute atomic E-state index is 14.2. The third-order valence-corrected chi connectivity index (χ3v) is 6.22. The molecular weight excluding hydrogens is 413 g/mol. The molecule has 170 valence electrons. The number of carbonyl (C=O) groups is 2. The minimum absolute atomic E-state index is 0.0714. The summed E-state index contributed by atoms with van der Waals surface area (Å²) in [6.07, 6.45) is 1.23. The highest BCUT2D eigenvalue weighted by Crippen LogP contribution is 2.48. The zero-order valence-corrected chi connectivity index (χ0v) is 18.6. The predicted octanol–water partition coefficient (Wildman–Crippen LogP) is 3.65. The van der Waals surface area contributed by atoms with Crippen molar-refractivity contribution in [2.45, 2.75) is 38.3 Å². The van der Waals surface area contributed by atoms with Crippen LogP contribution in [0.25, 0.3) is 0 Å². The average molecular weight is 442 g/mol. The Hall–Kier alpha value is -3.13. The monoisotopic (exact) mass is 441 g/mol. The molecule has 1 fully saturated rings. The van der Waals surface area contributed by atoms with Gasteiger partial charge in [0.25, 0.3) is 0 Å². The Bertz CT molecular complexity index is 1060. The van der Waals surface area contributed by atoms with Gasteiger partial charge in [0.05, 0.1) is 25.8 Å². The zero-order chi connectivity index (χ0) is 23.0. The molecule has 0 saturated carbocycles. The van der Waals surface area contributed by atoms with Gasteiger partial charge in [-0.2, -0.15) is 0 Å². The lowest BCUT2D eigenvalue weighted by Crippen LogP contribution is -2.52. The van der Waals surface area contributed by atoms with Crippen molar-refractivity contribution >= 4 is 23.2 Å². The molecule has 0 aliphatic carbocycles. The van der Waals surface area contributed by atoms with Crippen molar-refractivity contribution in [1.82, 2.24) is 5.32 Å². The van der Waals surface area contributed by atoms with Crippen LogP contribution in [0.2, 0.25) is 0 Å². The van der Waals surface area contributed by atoms with Crippen LogP contribution in [0.5, 0.6) is 11.5 Å². The van der Waals surface area contributed by atoms with Crippen LogP contribution in [0.3, 0.4) is 0 Å². The SMILES string of the molecule is COc1ccc(OC)c(NC(=O)[C@@H]2C[C@@H](CC(C)C)N[C@@]23C(=O)Nc2ccc(F)cc23)c1. The van der Waals surface area contributed by atoms with Crippen molar-refractivity contribution in [1.29, 1.82) is 0 Å². The van der Waals surface area contributed by atoms with E-state index >= 15 is 0 Å².